The van der Waals surface area contributed by atoms with Crippen LogP contribution < -0.4 is 5.73 Å². The molecule has 0 fully saturated rings. The minimum absolute atomic E-state index is 0.407. The topological polar surface area (TPSA) is 64.9 Å². The predicted molar refractivity (Wildman–Crippen MR) is 75.7 cm³/mol. The zero-order valence-corrected chi connectivity index (χ0v) is 10.9. The van der Waals surface area contributed by atoms with Gasteiger partial charge in [-0.15, -0.1) is 0 Å². The van der Waals surface area contributed by atoms with Crippen LogP contribution >= 0.6 is 0 Å². The number of hydrogen-bond acceptors (Lipinski definition) is 4. The average Bonchev–Trinajstić information content (AvgIpc) is 2.80. The highest BCUT2D eigenvalue weighted by molar-refractivity contribution is 5.90. The highest BCUT2D eigenvalue weighted by Crippen LogP contribution is 2.28. The van der Waals surface area contributed by atoms with Crippen molar-refractivity contribution in [1.29, 1.82) is 0 Å². The van der Waals surface area contributed by atoms with Crippen molar-refractivity contribution in [3.05, 3.63) is 42.2 Å². The van der Waals surface area contributed by atoms with E-state index in [1.807, 2.05) is 30.5 Å². The molecule has 0 aliphatic heterocycles. The first kappa shape index (κ1) is 11.7. The van der Waals surface area contributed by atoms with Crippen molar-refractivity contribution in [1.82, 2.24) is 10.1 Å². The average molecular weight is 253 g/mol. The van der Waals surface area contributed by atoms with Crippen LogP contribution in [-0.2, 0) is 0 Å². The Morgan fingerprint density at radius 1 is 1.11 bits per heavy atom. The molecule has 0 saturated carbocycles. The summed E-state index contributed by atoms with van der Waals surface area (Å²) in [5, 5.41) is 4.62. The number of nitrogens with zero attached hydrogens (tertiary/aromatic N) is 2. The van der Waals surface area contributed by atoms with E-state index in [4.69, 9.17) is 10.3 Å². The normalized spacial score (nSPS) is 11.3. The van der Waals surface area contributed by atoms with Crippen LogP contribution in [0, 0.1) is 0 Å². The number of benzene rings is 1. The summed E-state index contributed by atoms with van der Waals surface area (Å²) in [6.07, 6.45) is 1.84. The van der Waals surface area contributed by atoms with Crippen LogP contribution in [-0.4, -0.2) is 10.1 Å². The molecule has 0 unspecified atom stereocenters. The van der Waals surface area contributed by atoms with Crippen molar-refractivity contribution in [2.45, 2.75) is 19.8 Å². The third-order valence-corrected chi connectivity index (χ3v) is 3.21. The van der Waals surface area contributed by atoms with Gasteiger partial charge in [-0.05, 0) is 41.3 Å². The standard InChI is InChI=1S/C15H15N3O/c1-9(2)13-7-11(5-6-17-13)10-3-4-12-14(8-10)19-18-15(12)16/h3-9H,1-2H3,(H2,16,18). The summed E-state index contributed by atoms with van der Waals surface area (Å²) < 4.78 is 5.20. The molecule has 4 heteroatoms. The molecule has 0 bridgehead atoms. The number of anilines is 1. The SMILES string of the molecule is CC(C)c1cc(-c2ccc3c(N)noc3c2)ccn1. The maximum atomic E-state index is 5.71. The summed E-state index contributed by atoms with van der Waals surface area (Å²) in [6.45, 7) is 4.26. The lowest BCUT2D eigenvalue weighted by Crippen LogP contribution is -1.92. The van der Waals surface area contributed by atoms with E-state index in [1.165, 1.54) is 0 Å². The molecule has 3 aromatic rings. The maximum absolute atomic E-state index is 5.71. The first-order chi connectivity index (χ1) is 9.15. The molecule has 96 valence electrons. The van der Waals surface area contributed by atoms with Crippen molar-refractivity contribution in [3.63, 3.8) is 0 Å². The van der Waals surface area contributed by atoms with Crippen LogP contribution in [0.25, 0.3) is 22.1 Å². The highest BCUT2D eigenvalue weighted by atomic mass is 16.5. The Morgan fingerprint density at radius 2 is 1.89 bits per heavy atom. The molecule has 0 amide bonds. The second-order valence-electron chi connectivity index (χ2n) is 4.90. The van der Waals surface area contributed by atoms with Crippen LogP contribution in [0.3, 0.4) is 0 Å². The van der Waals surface area contributed by atoms with Crippen LogP contribution in [0.1, 0.15) is 25.5 Å². The third-order valence-electron chi connectivity index (χ3n) is 3.21. The van der Waals surface area contributed by atoms with E-state index in [9.17, 15) is 0 Å². The Morgan fingerprint density at radius 3 is 2.68 bits per heavy atom. The first-order valence-electron chi connectivity index (χ1n) is 6.26. The van der Waals surface area contributed by atoms with Gasteiger partial charge in [0.25, 0.3) is 0 Å². The lowest BCUT2D eigenvalue weighted by Gasteiger charge is -2.07. The third kappa shape index (κ3) is 2.05. The molecule has 0 radical (unpaired) electrons. The van der Waals surface area contributed by atoms with Gasteiger partial charge in [0.1, 0.15) is 0 Å². The second-order valence-corrected chi connectivity index (χ2v) is 4.90. The molecule has 1 aromatic carbocycles. The van der Waals surface area contributed by atoms with E-state index in [0.717, 1.165) is 22.2 Å². The number of fused-ring (bicyclic) bond motifs is 1. The molecule has 2 aromatic heterocycles. The monoisotopic (exact) mass is 253 g/mol. The quantitative estimate of drug-likeness (QED) is 0.757. The Labute approximate surface area is 111 Å². The van der Waals surface area contributed by atoms with Gasteiger partial charge in [-0.3, -0.25) is 4.98 Å². The smallest absolute Gasteiger partial charge is 0.174 e. The van der Waals surface area contributed by atoms with Crippen molar-refractivity contribution < 1.29 is 4.52 Å². The minimum Gasteiger partial charge on any atom is -0.380 e. The maximum Gasteiger partial charge on any atom is 0.174 e. The predicted octanol–water partition coefficient (Wildman–Crippen LogP) is 3.60. The van der Waals surface area contributed by atoms with Crippen molar-refractivity contribution in [3.8, 4) is 11.1 Å². The van der Waals surface area contributed by atoms with Gasteiger partial charge in [0.05, 0.1) is 5.39 Å². The Balaban J connectivity index is 2.10. The lowest BCUT2D eigenvalue weighted by atomic mass is 10.0. The van der Waals surface area contributed by atoms with E-state index in [1.54, 1.807) is 0 Å². The largest absolute Gasteiger partial charge is 0.380 e. The van der Waals surface area contributed by atoms with Gasteiger partial charge >= 0.3 is 0 Å². The Kier molecular flexibility index (Phi) is 2.71. The van der Waals surface area contributed by atoms with E-state index >= 15 is 0 Å². The summed E-state index contributed by atoms with van der Waals surface area (Å²) in [5.41, 5.74) is 9.70. The van der Waals surface area contributed by atoms with Crippen LogP contribution in [0.4, 0.5) is 5.82 Å². The fourth-order valence-corrected chi connectivity index (χ4v) is 2.08. The van der Waals surface area contributed by atoms with E-state index in [2.05, 4.69) is 30.1 Å². The van der Waals surface area contributed by atoms with Gasteiger partial charge in [0.15, 0.2) is 11.4 Å². The molecule has 0 aliphatic carbocycles. The second kappa shape index (κ2) is 4.39. The van der Waals surface area contributed by atoms with Gasteiger partial charge in [0.2, 0.25) is 0 Å². The van der Waals surface area contributed by atoms with Crippen LogP contribution in [0.2, 0.25) is 0 Å². The zero-order chi connectivity index (χ0) is 13.4. The van der Waals surface area contributed by atoms with Gasteiger partial charge in [-0.25, -0.2) is 0 Å². The molecular formula is C15H15N3O. The first-order valence-corrected chi connectivity index (χ1v) is 6.26. The Bertz CT molecular complexity index is 731. The molecule has 0 saturated heterocycles. The highest BCUT2D eigenvalue weighted by Gasteiger charge is 2.08. The number of nitrogens with two attached hydrogens (primary N) is 1. The van der Waals surface area contributed by atoms with Gasteiger partial charge in [0, 0.05) is 11.9 Å². The fourth-order valence-electron chi connectivity index (χ4n) is 2.08. The van der Waals surface area contributed by atoms with Crippen LogP contribution in [0.5, 0.6) is 0 Å². The summed E-state index contributed by atoms with van der Waals surface area (Å²) in [4.78, 5) is 4.38. The number of pyridine rings is 1. The van der Waals surface area contributed by atoms with E-state index in [0.29, 0.717) is 17.3 Å². The van der Waals surface area contributed by atoms with Gasteiger partial charge in [-0.1, -0.05) is 25.1 Å². The molecule has 2 N–H and O–H groups in total. The molecule has 19 heavy (non-hydrogen) atoms. The molecular weight excluding hydrogens is 238 g/mol. The minimum atomic E-state index is 0.407. The van der Waals surface area contributed by atoms with E-state index < -0.39 is 0 Å². The lowest BCUT2D eigenvalue weighted by molar-refractivity contribution is 0.460. The summed E-state index contributed by atoms with van der Waals surface area (Å²) in [7, 11) is 0. The van der Waals surface area contributed by atoms with E-state index in [-0.39, 0.29) is 0 Å². The molecule has 0 spiro atoms. The number of hydrogen-bond donors (Lipinski definition) is 1. The summed E-state index contributed by atoms with van der Waals surface area (Å²) in [6, 6.07) is 10.0. The van der Waals surface area contributed by atoms with Crippen molar-refractivity contribution in [2.75, 3.05) is 5.73 Å². The Hall–Kier alpha value is -2.36. The molecule has 3 rings (SSSR count). The molecule has 2 heterocycles. The fraction of sp³-hybridized carbons (Fsp3) is 0.200. The van der Waals surface area contributed by atoms with Crippen molar-refractivity contribution >= 4 is 16.8 Å². The van der Waals surface area contributed by atoms with Crippen molar-refractivity contribution in [2.24, 2.45) is 0 Å². The molecule has 0 aliphatic rings. The summed E-state index contributed by atoms with van der Waals surface area (Å²) >= 11 is 0. The molecule has 0 atom stereocenters. The number of nitrogen functional groups attached to an aromatic ring is 1. The summed E-state index contributed by atoms with van der Waals surface area (Å²) in [5.74, 6) is 0.837. The molecule has 4 nitrogen and oxygen atoms in total. The van der Waals surface area contributed by atoms with Gasteiger partial charge in [-0.2, -0.15) is 0 Å². The van der Waals surface area contributed by atoms with Gasteiger partial charge < -0.3 is 10.3 Å². The number of rotatable bonds is 2. The zero-order valence-electron chi connectivity index (χ0n) is 10.9. The number of aromatic nitrogens is 2. The van der Waals surface area contributed by atoms with Crippen LogP contribution in [0.15, 0.2) is 41.1 Å².